The fourth-order valence-corrected chi connectivity index (χ4v) is 2.01. The first-order valence-electron chi connectivity index (χ1n) is 5.27. The van der Waals surface area contributed by atoms with E-state index in [1.165, 1.54) is 0 Å². The standard InChI is InChI=1S/C12H15NO4/c1-16-7-3-4-10(17-2)8(5-7)9-6-12(9,13)11(14)15/h3-5,9H,6,13H2,1-2H3,(H,14,15)/t9-,12+/m1/s1. The van der Waals surface area contributed by atoms with Crippen molar-refractivity contribution in [3.05, 3.63) is 23.8 Å². The van der Waals surface area contributed by atoms with Crippen molar-refractivity contribution in [2.45, 2.75) is 17.9 Å². The van der Waals surface area contributed by atoms with E-state index < -0.39 is 11.5 Å². The van der Waals surface area contributed by atoms with E-state index in [1.807, 2.05) is 0 Å². The minimum Gasteiger partial charge on any atom is -0.497 e. The van der Waals surface area contributed by atoms with Gasteiger partial charge in [0.1, 0.15) is 17.0 Å². The molecule has 0 amide bonds. The highest BCUT2D eigenvalue weighted by molar-refractivity contribution is 5.85. The SMILES string of the molecule is COc1ccc(OC)c([C@H]2C[C@@]2(N)C(=O)O)c1. The average molecular weight is 237 g/mol. The molecule has 1 aromatic carbocycles. The third kappa shape index (κ3) is 1.82. The number of carboxylic acid groups (broad SMARTS) is 1. The lowest BCUT2D eigenvalue weighted by molar-refractivity contribution is -0.139. The molecule has 1 aliphatic carbocycles. The van der Waals surface area contributed by atoms with E-state index in [0.29, 0.717) is 17.9 Å². The second-order valence-corrected chi connectivity index (χ2v) is 4.21. The van der Waals surface area contributed by atoms with Crippen molar-refractivity contribution in [2.75, 3.05) is 14.2 Å². The number of methoxy groups -OCH3 is 2. The molecule has 2 rings (SSSR count). The number of carboxylic acids is 1. The van der Waals surface area contributed by atoms with Crippen LogP contribution in [0.4, 0.5) is 0 Å². The predicted molar refractivity (Wildman–Crippen MR) is 61.5 cm³/mol. The van der Waals surface area contributed by atoms with Gasteiger partial charge in [0.2, 0.25) is 0 Å². The molecule has 3 N–H and O–H groups in total. The second-order valence-electron chi connectivity index (χ2n) is 4.21. The molecule has 2 atom stereocenters. The summed E-state index contributed by atoms with van der Waals surface area (Å²) in [5, 5.41) is 9.04. The quantitative estimate of drug-likeness (QED) is 0.815. The van der Waals surface area contributed by atoms with E-state index in [1.54, 1.807) is 32.4 Å². The Balaban J connectivity index is 2.36. The van der Waals surface area contributed by atoms with Gasteiger partial charge in [-0.1, -0.05) is 0 Å². The first-order chi connectivity index (χ1) is 8.02. The molecule has 0 heterocycles. The van der Waals surface area contributed by atoms with E-state index in [0.717, 1.165) is 5.56 Å². The largest absolute Gasteiger partial charge is 0.497 e. The van der Waals surface area contributed by atoms with Gasteiger partial charge in [-0.15, -0.1) is 0 Å². The number of nitrogens with two attached hydrogens (primary N) is 1. The van der Waals surface area contributed by atoms with Crippen LogP contribution in [0.5, 0.6) is 11.5 Å². The summed E-state index contributed by atoms with van der Waals surface area (Å²) in [6, 6.07) is 5.31. The zero-order valence-electron chi connectivity index (χ0n) is 9.77. The molecule has 17 heavy (non-hydrogen) atoms. The highest BCUT2D eigenvalue weighted by atomic mass is 16.5. The van der Waals surface area contributed by atoms with E-state index in [2.05, 4.69) is 0 Å². The van der Waals surface area contributed by atoms with Crippen LogP contribution in [-0.4, -0.2) is 30.8 Å². The highest BCUT2D eigenvalue weighted by Gasteiger charge is 2.59. The molecule has 1 aromatic rings. The Bertz CT molecular complexity index is 460. The maximum atomic E-state index is 11.0. The lowest BCUT2D eigenvalue weighted by Gasteiger charge is -2.11. The van der Waals surface area contributed by atoms with Crippen LogP contribution < -0.4 is 15.2 Å². The fraction of sp³-hybridized carbons (Fsp3) is 0.417. The molecule has 0 bridgehead atoms. The van der Waals surface area contributed by atoms with Crippen LogP contribution in [0, 0.1) is 0 Å². The van der Waals surface area contributed by atoms with E-state index in [4.69, 9.17) is 20.3 Å². The normalized spacial score (nSPS) is 26.4. The van der Waals surface area contributed by atoms with Gasteiger partial charge in [-0.3, -0.25) is 4.79 Å². The van der Waals surface area contributed by atoms with Crippen molar-refractivity contribution < 1.29 is 19.4 Å². The molecule has 0 aliphatic heterocycles. The maximum Gasteiger partial charge on any atom is 0.324 e. The van der Waals surface area contributed by atoms with Gasteiger partial charge in [0.05, 0.1) is 14.2 Å². The van der Waals surface area contributed by atoms with Gasteiger partial charge < -0.3 is 20.3 Å². The number of hydrogen-bond donors (Lipinski definition) is 2. The minimum absolute atomic E-state index is 0.218. The molecule has 0 aromatic heterocycles. The third-order valence-electron chi connectivity index (χ3n) is 3.21. The number of rotatable bonds is 4. The molecule has 0 spiro atoms. The topological polar surface area (TPSA) is 81.8 Å². The lowest BCUT2D eigenvalue weighted by Crippen LogP contribution is -2.34. The molecule has 92 valence electrons. The summed E-state index contributed by atoms with van der Waals surface area (Å²) >= 11 is 0. The average Bonchev–Trinajstić information content (AvgIpc) is 3.02. The first-order valence-corrected chi connectivity index (χ1v) is 5.27. The molecular weight excluding hydrogens is 222 g/mol. The van der Waals surface area contributed by atoms with Gasteiger partial charge in [0, 0.05) is 11.5 Å². The summed E-state index contributed by atoms with van der Waals surface area (Å²) in [7, 11) is 3.11. The molecule has 1 fully saturated rings. The number of carbonyl (C=O) groups is 1. The van der Waals surface area contributed by atoms with Crippen LogP contribution in [0.3, 0.4) is 0 Å². The van der Waals surface area contributed by atoms with Crippen molar-refractivity contribution in [3.8, 4) is 11.5 Å². The van der Waals surface area contributed by atoms with Crippen molar-refractivity contribution >= 4 is 5.97 Å². The van der Waals surface area contributed by atoms with E-state index in [9.17, 15) is 4.79 Å². The zero-order valence-corrected chi connectivity index (χ0v) is 9.77. The van der Waals surface area contributed by atoms with Gasteiger partial charge in [-0.2, -0.15) is 0 Å². The first kappa shape index (κ1) is 11.7. The Morgan fingerprint density at radius 2 is 2.18 bits per heavy atom. The van der Waals surface area contributed by atoms with E-state index >= 15 is 0 Å². The second kappa shape index (κ2) is 3.92. The Hall–Kier alpha value is -1.75. The lowest BCUT2D eigenvalue weighted by atomic mass is 10.0. The molecule has 1 aliphatic rings. The smallest absolute Gasteiger partial charge is 0.324 e. The molecular formula is C12H15NO4. The van der Waals surface area contributed by atoms with Crippen LogP contribution in [-0.2, 0) is 4.79 Å². The van der Waals surface area contributed by atoms with Crippen molar-refractivity contribution in [2.24, 2.45) is 5.73 Å². The summed E-state index contributed by atoms with van der Waals surface area (Å²) in [4.78, 5) is 11.0. The fourth-order valence-electron chi connectivity index (χ4n) is 2.01. The molecule has 0 unspecified atom stereocenters. The summed E-state index contributed by atoms with van der Waals surface area (Å²) < 4.78 is 10.3. The molecule has 5 heteroatoms. The number of benzene rings is 1. The number of ether oxygens (including phenoxy) is 2. The van der Waals surface area contributed by atoms with Gasteiger partial charge in [0.25, 0.3) is 0 Å². The van der Waals surface area contributed by atoms with Gasteiger partial charge in [0.15, 0.2) is 0 Å². The summed E-state index contributed by atoms with van der Waals surface area (Å²) in [5.74, 6) is 0.113. The monoisotopic (exact) mass is 237 g/mol. The van der Waals surface area contributed by atoms with Crippen molar-refractivity contribution in [1.29, 1.82) is 0 Å². The summed E-state index contributed by atoms with van der Waals surface area (Å²) in [6.45, 7) is 0. The minimum atomic E-state index is -1.17. The third-order valence-corrected chi connectivity index (χ3v) is 3.21. The van der Waals surface area contributed by atoms with Gasteiger partial charge >= 0.3 is 5.97 Å². The van der Waals surface area contributed by atoms with Crippen LogP contribution >= 0.6 is 0 Å². The molecule has 5 nitrogen and oxygen atoms in total. The van der Waals surface area contributed by atoms with Crippen molar-refractivity contribution in [3.63, 3.8) is 0 Å². The van der Waals surface area contributed by atoms with Gasteiger partial charge in [-0.25, -0.2) is 0 Å². The number of aliphatic carboxylic acids is 1. The van der Waals surface area contributed by atoms with Crippen LogP contribution in [0.15, 0.2) is 18.2 Å². The number of hydrogen-bond acceptors (Lipinski definition) is 4. The van der Waals surface area contributed by atoms with Crippen LogP contribution in [0.25, 0.3) is 0 Å². The Morgan fingerprint density at radius 1 is 1.47 bits per heavy atom. The van der Waals surface area contributed by atoms with Crippen LogP contribution in [0.1, 0.15) is 17.9 Å². The summed E-state index contributed by atoms with van der Waals surface area (Å²) in [5.41, 5.74) is 5.41. The highest BCUT2D eigenvalue weighted by Crippen LogP contribution is 2.52. The van der Waals surface area contributed by atoms with Crippen molar-refractivity contribution in [1.82, 2.24) is 0 Å². The Morgan fingerprint density at radius 3 is 2.65 bits per heavy atom. The maximum absolute atomic E-state index is 11.0. The molecule has 0 radical (unpaired) electrons. The predicted octanol–water partition coefficient (Wildman–Crippen LogP) is 0.973. The Labute approximate surface area is 99.1 Å². The molecule has 1 saturated carbocycles. The van der Waals surface area contributed by atoms with E-state index in [-0.39, 0.29) is 5.92 Å². The Kier molecular flexibility index (Phi) is 2.71. The zero-order chi connectivity index (χ0) is 12.6. The molecule has 0 saturated heterocycles. The van der Waals surface area contributed by atoms with Crippen LogP contribution in [0.2, 0.25) is 0 Å². The van der Waals surface area contributed by atoms with Gasteiger partial charge in [-0.05, 0) is 24.6 Å². The summed E-state index contributed by atoms with van der Waals surface area (Å²) in [6.07, 6.45) is 0.422.